The molecule has 3 heterocycles. The summed E-state index contributed by atoms with van der Waals surface area (Å²) >= 11 is 0. The van der Waals surface area contributed by atoms with Crippen LogP contribution in [0.1, 0.15) is 56.8 Å². The van der Waals surface area contributed by atoms with E-state index in [9.17, 15) is 4.79 Å². The van der Waals surface area contributed by atoms with E-state index in [0.29, 0.717) is 24.3 Å². The van der Waals surface area contributed by atoms with Crippen LogP contribution < -0.4 is 5.69 Å². The number of pyridine rings is 1. The summed E-state index contributed by atoms with van der Waals surface area (Å²) in [6, 6.07) is 10.4. The molecule has 0 saturated heterocycles. The molecule has 2 unspecified atom stereocenters. The van der Waals surface area contributed by atoms with Crippen molar-refractivity contribution >= 4 is 0 Å². The highest BCUT2D eigenvalue weighted by Gasteiger charge is 2.30. The van der Waals surface area contributed by atoms with Crippen LogP contribution in [0.25, 0.3) is 22.5 Å². The van der Waals surface area contributed by atoms with Gasteiger partial charge in [-0.1, -0.05) is 44.5 Å². The first kappa shape index (κ1) is 21.3. The zero-order valence-corrected chi connectivity index (χ0v) is 19.1. The fraction of sp³-hybridized carbons (Fsp3) is 0.400. The third-order valence-corrected chi connectivity index (χ3v) is 6.84. The maximum Gasteiger partial charge on any atom is 0.328 e. The Balaban J connectivity index is 1.48. The Morgan fingerprint density at radius 3 is 2.61 bits per heavy atom. The Labute approximate surface area is 192 Å². The molecule has 1 aromatic carbocycles. The monoisotopic (exact) mass is 443 g/mol. The standard InChI is InChI=1S/C25H29N7O/c1-3-4-5-21-16-32(23-11-6-17(23)2)25(33)31(21)15-20-14-26-13-12-22(20)18-7-9-19(10-8-18)24-27-29-30-28-24/h7-10,12-14,16-17,23H,3-6,11,15H2,1-2H3,(H,27,28,29,30). The van der Waals surface area contributed by atoms with Gasteiger partial charge in [-0.05, 0) is 59.6 Å². The van der Waals surface area contributed by atoms with Crippen molar-refractivity contribution in [2.75, 3.05) is 0 Å². The van der Waals surface area contributed by atoms with Crippen molar-refractivity contribution in [3.8, 4) is 22.5 Å². The van der Waals surface area contributed by atoms with Crippen molar-refractivity contribution in [1.82, 2.24) is 34.7 Å². The zero-order chi connectivity index (χ0) is 22.8. The number of hydrogen-bond donors (Lipinski definition) is 1. The van der Waals surface area contributed by atoms with Gasteiger partial charge in [0, 0.05) is 35.9 Å². The number of aromatic nitrogens is 7. The molecule has 33 heavy (non-hydrogen) atoms. The molecule has 5 rings (SSSR count). The Hall–Kier alpha value is -3.55. The van der Waals surface area contributed by atoms with Crippen molar-refractivity contribution in [3.05, 3.63) is 70.7 Å². The SMILES string of the molecule is CCCCc1cn(C2CCC2C)c(=O)n1Cc1cnccc1-c1ccc(-c2nn[nH]n2)cc1. The van der Waals surface area contributed by atoms with Gasteiger partial charge >= 0.3 is 5.69 Å². The number of unbranched alkanes of at least 4 members (excludes halogenated alkanes) is 1. The first-order valence-corrected chi connectivity index (χ1v) is 11.7. The highest BCUT2D eigenvalue weighted by molar-refractivity contribution is 5.69. The van der Waals surface area contributed by atoms with Crippen LogP contribution in [0.15, 0.2) is 53.7 Å². The number of imidazole rings is 1. The number of hydrogen-bond acceptors (Lipinski definition) is 5. The number of benzene rings is 1. The lowest BCUT2D eigenvalue weighted by Gasteiger charge is -2.34. The molecule has 1 fully saturated rings. The topological polar surface area (TPSA) is 94.3 Å². The molecular weight excluding hydrogens is 414 g/mol. The molecule has 0 bridgehead atoms. The third kappa shape index (κ3) is 4.13. The second kappa shape index (κ2) is 9.13. The maximum atomic E-state index is 13.4. The van der Waals surface area contributed by atoms with E-state index in [1.54, 1.807) is 6.20 Å². The first-order chi connectivity index (χ1) is 16.2. The number of rotatable bonds is 8. The normalized spacial score (nSPS) is 17.8. The lowest BCUT2D eigenvalue weighted by atomic mass is 9.81. The summed E-state index contributed by atoms with van der Waals surface area (Å²) in [7, 11) is 0. The van der Waals surface area contributed by atoms with Crippen molar-refractivity contribution in [2.45, 2.75) is 58.5 Å². The van der Waals surface area contributed by atoms with E-state index in [-0.39, 0.29) is 5.69 Å². The van der Waals surface area contributed by atoms with Crippen molar-refractivity contribution in [3.63, 3.8) is 0 Å². The number of H-pyrrole nitrogens is 1. The average molecular weight is 444 g/mol. The smallest absolute Gasteiger partial charge is 0.296 e. The van der Waals surface area contributed by atoms with Crippen LogP contribution in [-0.2, 0) is 13.0 Å². The molecule has 1 aliphatic rings. The molecule has 1 aliphatic carbocycles. The Morgan fingerprint density at radius 1 is 1.12 bits per heavy atom. The number of nitrogens with zero attached hydrogens (tertiary/aromatic N) is 6. The van der Waals surface area contributed by atoms with Crippen molar-refractivity contribution in [2.24, 2.45) is 5.92 Å². The molecule has 2 atom stereocenters. The summed E-state index contributed by atoms with van der Waals surface area (Å²) in [6.07, 6.45) is 11.1. The van der Waals surface area contributed by atoms with Crippen molar-refractivity contribution in [1.29, 1.82) is 0 Å². The quantitative estimate of drug-likeness (QED) is 0.439. The maximum absolute atomic E-state index is 13.4. The highest BCUT2D eigenvalue weighted by Crippen LogP contribution is 2.37. The summed E-state index contributed by atoms with van der Waals surface area (Å²) < 4.78 is 3.93. The molecule has 0 radical (unpaired) electrons. The second-order valence-corrected chi connectivity index (χ2v) is 8.97. The Bertz CT molecular complexity index is 1270. The summed E-state index contributed by atoms with van der Waals surface area (Å²) in [5, 5.41) is 14.2. The summed E-state index contributed by atoms with van der Waals surface area (Å²) in [5.74, 6) is 1.12. The molecule has 3 aromatic heterocycles. The lowest BCUT2D eigenvalue weighted by molar-refractivity contribution is 0.196. The van der Waals surface area contributed by atoms with Crippen LogP contribution in [0.5, 0.6) is 0 Å². The van der Waals surface area contributed by atoms with Gasteiger partial charge in [0.25, 0.3) is 0 Å². The highest BCUT2D eigenvalue weighted by atomic mass is 16.1. The van der Waals surface area contributed by atoms with E-state index in [4.69, 9.17) is 0 Å². The minimum Gasteiger partial charge on any atom is -0.296 e. The fourth-order valence-corrected chi connectivity index (χ4v) is 4.66. The van der Waals surface area contributed by atoms with E-state index in [1.165, 1.54) is 6.42 Å². The second-order valence-electron chi connectivity index (χ2n) is 8.97. The Kier molecular flexibility index (Phi) is 5.90. The summed E-state index contributed by atoms with van der Waals surface area (Å²) in [4.78, 5) is 17.8. The van der Waals surface area contributed by atoms with Gasteiger partial charge in [-0.3, -0.25) is 14.1 Å². The van der Waals surface area contributed by atoms with Crippen LogP contribution in [0.2, 0.25) is 0 Å². The van der Waals surface area contributed by atoms with Crippen LogP contribution in [-0.4, -0.2) is 34.7 Å². The summed E-state index contributed by atoms with van der Waals surface area (Å²) in [6.45, 7) is 4.94. The van der Waals surface area contributed by atoms with Crippen LogP contribution in [0.4, 0.5) is 0 Å². The van der Waals surface area contributed by atoms with Gasteiger partial charge in [0.15, 0.2) is 0 Å². The largest absolute Gasteiger partial charge is 0.328 e. The molecule has 0 aliphatic heterocycles. The lowest BCUT2D eigenvalue weighted by Crippen LogP contribution is -2.35. The van der Waals surface area contributed by atoms with Crippen LogP contribution in [0, 0.1) is 5.92 Å². The summed E-state index contributed by atoms with van der Waals surface area (Å²) in [5.41, 5.74) is 5.28. The van der Waals surface area contributed by atoms with Gasteiger partial charge < -0.3 is 0 Å². The molecule has 1 saturated carbocycles. The van der Waals surface area contributed by atoms with Gasteiger partial charge in [0.1, 0.15) is 0 Å². The van der Waals surface area contributed by atoms with Gasteiger partial charge in [-0.25, -0.2) is 4.79 Å². The van der Waals surface area contributed by atoms with E-state index < -0.39 is 0 Å². The molecule has 0 amide bonds. The predicted molar refractivity (Wildman–Crippen MR) is 127 cm³/mol. The van der Waals surface area contributed by atoms with Gasteiger partial charge in [-0.2, -0.15) is 5.21 Å². The molecule has 8 heteroatoms. The first-order valence-electron chi connectivity index (χ1n) is 11.7. The predicted octanol–water partition coefficient (Wildman–Crippen LogP) is 4.25. The number of tetrazole rings is 1. The van der Waals surface area contributed by atoms with Gasteiger partial charge in [0.05, 0.1) is 6.54 Å². The molecule has 8 nitrogen and oxygen atoms in total. The minimum atomic E-state index is 0.0971. The molecule has 170 valence electrons. The van der Waals surface area contributed by atoms with Crippen LogP contribution >= 0.6 is 0 Å². The molecule has 0 spiro atoms. The molecule has 4 aromatic rings. The van der Waals surface area contributed by atoms with E-state index in [1.807, 2.05) is 45.7 Å². The number of aromatic amines is 1. The molecular formula is C25H29N7O. The average Bonchev–Trinajstić information content (AvgIpc) is 3.47. The number of nitrogens with one attached hydrogen (secondary N) is 1. The van der Waals surface area contributed by atoms with Crippen LogP contribution in [0.3, 0.4) is 0 Å². The van der Waals surface area contributed by atoms with E-state index in [0.717, 1.165) is 53.6 Å². The van der Waals surface area contributed by atoms with E-state index in [2.05, 4.69) is 45.7 Å². The Morgan fingerprint density at radius 2 is 1.94 bits per heavy atom. The van der Waals surface area contributed by atoms with Gasteiger partial charge in [0.2, 0.25) is 5.82 Å². The zero-order valence-electron chi connectivity index (χ0n) is 19.1. The van der Waals surface area contributed by atoms with Gasteiger partial charge in [-0.15, -0.1) is 10.2 Å². The number of aryl methyl sites for hydroxylation is 1. The molecule has 1 N–H and O–H groups in total. The third-order valence-electron chi connectivity index (χ3n) is 6.84. The van der Waals surface area contributed by atoms with E-state index >= 15 is 0 Å². The van der Waals surface area contributed by atoms with Crippen molar-refractivity contribution < 1.29 is 0 Å². The minimum absolute atomic E-state index is 0.0971. The fourth-order valence-electron chi connectivity index (χ4n) is 4.66.